The molecule has 0 rings (SSSR count). The van der Waals surface area contributed by atoms with E-state index in [0.29, 0.717) is 0 Å². The molecule has 0 aromatic heterocycles. The van der Waals surface area contributed by atoms with Gasteiger partial charge in [0.25, 0.3) is 0 Å². The summed E-state index contributed by atoms with van der Waals surface area (Å²) in [6, 6.07) is 2.21. The molecule has 0 radical (unpaired) electrons. The van der Waals surface area contributed by atoms with Gasteiger partial charge in [-0.1, -0.05) is 13.3 Å². The molecule has 4 heteroatoms. The molecular formula is C10H21NO2Si. The van der Waals surface area contributed by atoms with Gasteiger partial charge in [0.05, 0.1) is 24.7 Å². The third kappa shape index (κ3) is 5.38. The van der Waals surface area contributed by atoms with Crippen molar-refractivity contribution < 1.29 is 9.53 Å². The number of nitrogens with zero attached hydrogens (tertiary/aromatic N) is 1. The third-order valence-electron chi connectivity index (χ3n) is 1.90. The summed E-state index contributed by atoms with van der Waals surface area (Å²) in [7, 11) is -1.66. The Balaban J connectivity index is 4.31. The minimum atomic E-state index is -1.66. The van der Waals surface area contributed by atoms with Crippen LogP contribution >= 0.6 is 0 Å². The highest BCUT2D eigenvalue weighted by atomic mass is 28.4. The Kier molecular flexibility index (Phi) is 6.01. The van der Waals surface area contributed by atoms with E-state index in [9.17, 15) is 0 Å². The highest BCUT2D eigenvalue weighted by Gasteiger charge is 2.26. The summed E-state index contributed by atoms with van der Waals surface area (Å²) in [6.45, 7) is 8.18. The van der Waals surface area contributed by atoms with Gasteiger partial charge < -0.3 is 9.53 Å². The minimum absolute atomic E-state index is 0.0531. The molecular weight excluding hydrogens is 194 g/mol. The number of aliphatic hydroxyl groups is 1. The van der Waals surface area contributed by atoms with Crippen molar-refractivity contribution in [2.75, 3.05) is 6.61 Å². The molecule has 0 heterocycles. The standard InChI is InChI=1S/C10H21NO2Si/c1-5-6-9(7-11)10(8-12)13-14(2,3)4/h9-10,12H,5-6,8H2,1-4H3/t9-,10-/m0/s1. The number of aliphatic hydroxyl groups excluding tert-OH is 1. The zero-order chi connectivity index (χ0) is 11.2. The fourth-order valence-electron chi connectivity index (χ4n) is 1.35. The summed E-state index contributed by atoms with van der Waals surface area (Å²) in [5.41, 5.74) is 0. The first-order chi connectivity index (χ1) is 6.44. The van der Waals surface area contributed by atoms with Crippen molar-refractivity contribution in [1.82, 2.24) is 0 Å². The highest BCUT2D eigenvalue weighted by Crippen LogP contribution is 2.18. The van der Waals surface area contributed by atoms with Crippen LogP contribution in [0.2, 0.25) is 19.6 Å². The molecule has 0 aliphatic heterocycles. The molecule has 0 spiro atoms. The van der Waals surface area contributed by atoms with Gasteiger partial charge in [-0.15, -0.1) is 0 Å². The lowest BCUT2D eigenvalue weighted by Gasteiger charge is -2.27. The summed E-state index contributed by atoms with van der Waals surface area (Å²) in [5, 5.41) is 18.1. The maximum Gasteiger partial charge on any atom is 0.184 e. The van der Waals surface area contributed by atoms with Crippen molar-refractivity contribution >= 4 is 8.32 Å². The molecule has 0 aromatic carbocycles. The Morgan fingerprint density at radius 2 is 2.00 bits per heavy atom. The first kappa shape index (κ1) is 13.6. The van der Waals surface area contributed by atoms with Crippen LogP contribution in [0.3, 0.4) is 0 Å². The van der Waals surface area contributed by atoms with Crippen molar-refractivity contribution in [3.63, 3.8) is 0 Å². The number of rotatable bonds is 6. The van der Waals surface area contributed by atoms with E-state index in [1.165, 1.54) is 0 Å². The van der Waals surface area contributed by atoms with Gasteiger partial charge in [-0.3, -0.25) is 0 Å². The Hall–Kier alpha value is -0.373. The number of hydrogen-bond donors (Lipinski definition) is 1. The second kappa shape index (κ2) is 6.17. The van der Waals surface area contributed by atoms with E-state index in [-0.39, 0.29) is 18.6 Å². The summed E-state index contributed by atoms with van der Waals surface area (Å²) in [6.07, 6.45) is 1.45. The van der Waals surface area contributed by atoms with E-state index < -0.39 is 8.32 Å². The van der Waals surface area contributed by atoms with E-state index in [1.54, 1.807) is 0 Å². The molecule has 1 N–H and O–H groups in total. The maximum absolute atomic E-state index is 9.16. The van der Waals surface area contributed by atoms with E-state index in [0.717, 1.165) is 12.8 Å². The molecule has 3 nitrogen and oxygen atoms in total. The van der Waals surface area contributed by atoms with Crippen LogP contribution in [0.15, 0.2) is 0 Å². The lowest BCUT2D eigenvalue weighted by atomic mass is 10.00. The van der Waals surface area contributed by atoms with Crippen molar-refractivity contribution in [2.45, 2.75) is 45.5 Å². The molecule has 0 fully saturated rings. The second-order valence-corrected chi connectivity index (χ2v) is 8.94. The van der Waals surface area contributed by atoms with Crippen LogP contribution in [0.25, 0.3) is 0 Å². The van der Waals surface area contributed by atoms with Gasteiger partial charge in [-0.05, 0) is 26.1 Å². The van der Waals surface area contributed by atoms with Gasteiger partial charge in [0.2, 0.25) is 0 Å². The van der Waals surface area contributed by atoms with Gasteiger partial charge in [-0.25, -0.2) is 0 Å². The average molecular weight is 215 g/mol. The van der Waals surface area contributed by atoms with Gasteiger partial charge >= 0.3 is 0 Å². The van der Waals surface area contributed by atoms with Crippen LogP contribution in [0, 0.1) is 17.2 Å². The molecule has 0 aromatic rings. The lowest BCUT2D eigenvalue weighted by Crippen LogP contribution is -2.38. The van der Waals surface area contributed by atoms with Crippen molar-refractivity contribution in [2.24, 2.45) is 5.92 Å². The average Bonchev–Trinajstić information content (AvgIpc) is 2.09. The minimum Gasteiger partial charge on any atom is -0.411 e. The molecule has 0 amide bonds. The Morgan fingerprint density at radius 3 is 2.29 bits per heavy atom. The maximum atomic E-state index is 9.16. The van der Waals surface area contributed by atoms with Crippen LogP contribution in [-0.2, 0) is 4.43 Å². The summed E-state index contributed by atoms with van der Waals surface area (Å²) in [5.74, 6) is -0.170. The van der Waals surface area contributed by atoms with Gasteiger partial charge in [0, 0.05) is 0 Å². The normalized spacial score (nSPS) is 16.0. The fraction of sp³-hybridized carbons (Fsp3) is 0.900. The van der Waals surface area contributed by atoms with Gasteiger partial charge in [-0.2, -0.15) is 5.26 Å². The van der Waals surface area contributed by atoms with Crippen LogP contribution in [0.5, 0.6) is 0 Å². The van der Waals surface area contributed by atoms with Crippen molar-refractivity contribution in [3.05, 3.63) is 0 Å². The van der Waals surface area contributed by atoms with Crippen molar-refractivity contribution in [3.8, 4) is 6.07 Å². The largest absolute Gasteiger partial charge is 0.411 e. The van der Waals surface area contributed by atoms with Gasteiger partial charge in [0.15, 0.2) is 8.32 Å². The highest BCUT2D eigenvalue weighted by molar-refractivity contribution is 6.69. The second-order valence-electron chi connectivity index (χ2n) is 4.48. The monoisotopic (exact) mass is 215 g/mol. The number of nitriles is 1. The van der Waals surface area contributed by atoms with E-state index in [2.05, 4.69) is 25.7 Å². The Bertz CT molecular complexity index is 195. The zero-order valence-electron chi connectivity index (χ0n) is 9.58. The predicted molar refractivity (Wildman–Crippen MR) is 59.3 cm³/mol. The topological polar surface area (TPSA) is 53.2 Å². The lowest BCUT2D eigenvalue weighted by molar-refractivity contribution is 0.0767. The molecule has 0 saturated carbocycles. The molecule has 0 unspecified atom stereocenters. The molecule has 0 bridgehead atoms. The third-order valence-corrected chi connectivity index (χ3v) is 2.91. The summed E-state index contributed by atoms with van der Waals surface area (Å²) < 4.78 is 5.76. The molecule has 0 aliphatic rings. The smallest absolute Gasteiger partial charge is 0.184 e. The van der Waals surface area contributed by atoms with Crippen LogP contribution < -0.4 is 0 Å². The quantitative estimate of drug-likeness (QED) is 0.691. The SMILES string of the molecule is CCC[C@@H](C#N)[C@H](CO)O[Si](C)(C)C. The van der Waals surface area contributed by atoms with E-state index in [1.807, 2.05) is 6.92 Å². The first-order valence-electron chi connectivity index (χ1n) is 5.13. The Morgan fingerprint density at radius 1 is 1.43 bits per heavy atom. The van der Waals surface area contributed by atoms with Crippen LogP contribution in [0.4, 0.5) is 0 Å². The van der Waals surface area contributed by atoms with E-state index >= 15 is 0 Å². The van der Waals surface area contributed by atoms with Gasteiger partial charge in [0.1, 0.15) is 0 Å². The summed E-state index contributed by atoms with van der Waals surface area (Å²) in [4.78, 5) is 0. The molecule has 82 valence electrons. The molecule has 2 atom stereocenters. The molecule has 0 aliphatic carbocycles. The van der Waals surface area contributed by atoms with E-state index in [4.69, 9.17) is 14.8 Å². The Labute approximate surface area is 87.8 Å². The first-order valence-corrected chi connectivity index (χ1v) is 8.53. The predicted octanol–water partition coefficient (Wildman–Crippen LogP) is 2.14. The fourth-order valence-corrected chi connectivity index (χ4v) is 2.49. The molecule has 14 heavy (non-hydrogen) atoms. The number of hydrogen-bond acceptors (Lipinski definition) is 3. The molecule has 0 saturated heterocycles. The zero-order valence-corrected chi connectivity index (χ0v) is 10.6. The van der Waals surface area contributed by atoms with Crippen molar-refractivity contribution in [1.29, 1.82) is 5.26 Å². The summed E-state index contributed by atoms with van der Waals surface area (Å²) >= 11 is 0. The van der Waals surface area contributed by atoms with Crippen LogP contribution in [0.1, 0.15) is 19.8 Å². The van der Waals surface area contributed by atoms with Crippen LogP contribution in [-0.4, -0.2) is 26.1 Å².